The number of carboxylic acid groups (broad SMARTS) is 1. The van der Waals surface area contributed by atoms with Gasteiger partial charge >= 0.3 is 12.0 Å². The number of aliphatic hydroxyl groups excluding tert-OH is 1. The molecule has 2 rings (SSSR count). The summed E-state index contributed by atoms with van der Waals surface area (Å²) in [6.07, 6.45) is 2.24. The van der Waals surface area contributed by atoms with Crippen LogP contribution in [-0.2, 0) is 4.79 Å². The van der Waals surface area contributed by atoms with Crippen molar-refractivity contribution in [2.75, 3.05) is 26.2 Å². The van der Waals surface area contributed by atoms with Crippen LogP contribution in [0.2, 0.25) is 0 Å². The first-order valence-electron chi connectivity index (χ1n) is 7.85. The molecule has 0 aromatic carbocycles. The molecule has 0 aromatic heterocycles. The second-order valence-corrected chi connectivity index (χ2v) is 6.57. The Morgan fingerprint density at radius 1 is 1.29 bits per heavy atom. The van der Waals surface area contributed by atoms with Crippen LogP contribution >= 0.6 is 0 Å². The number of β-amino-alcohol motifs (C(OH)–C–C–N with tert-alkyl or cyclic N) is 1. The summed E-state index contributed by atoms with van der Waals surface area (Å²) in [5, 5.41) is 19.4. The van der Waals surface area contributed by atoms with Gasteiger partial charge in [0.1, 0.15) is 0 Å². The van der Waals surface area contributed by atoms with Crippen molar-refractivity contribution in [3.8, 4) is 0 Å². The van der Waals surface area contributed by atoms with E-state index in [0.29, 0.717) is 32.5 Å². The summed E-state index contributed by atoms with van der Waals surface area (Å²) in [5.41, 5.74) is -0.786. The summed E-state index contributed by atoms with van der Waals surface area (Å²) in [7, 11) is 0. The van der Waals surface area contributed by atoms with Gasteiger partial charge in [-0.1, -0.05) is 20.3 Å². The van der Waals surface area contributed by atoms with Crippen molar-refractivity contribution in [3.63, 3.8) is 0 Å². The zero-order valence-corrected chi connectivity index (χ0v) is 12.9. The molecule has 0 saturated carbocycles. The van der Waals surface area contributed by atoms with Gasteiger partial charge in [-0.15, -0.1) is 0 Å². The number of hydrogen-bond acceptors (Lipinski definition) is 3. The van der Waals surface area contributed by atoms with Gasteiger partial charge in [-0.25, -0.2) is 4.79 Å². The van der Waals surface area contributed by atoms with Crippen LogP contribution in [0.4, 0.5) is 4.79 Å². The summed E-state index contributed by atoms with van der Waals surface area (Å²) in [4.78, 5) is 27.4. The molecule has 2 N–H and O–H groups in total. The van der Waals surface area contributed by atoms with E-state index in [1.807, 2.05) is 13.8 Å². The van der Waals surface area contributed by atoms with E-state index in [0.717, 1.165) is 12.8 Å². The van der Waals surface area contributed by atoms with Gasteiger partial charge in [0.2, 0.25) is 0 Å². The lowest BCUT2D eigenvalue weighted by molar-refractivity contribution is -0.148. The van der Waals surface area contributed by atoms with Crippen molar-refractivity contribution in [2.45, 2.75) is 45.6 Å². The number of urea groups is 1. The lowest BCUT2D eigenvalue weighted by Crippen LogP contribution is -2.51. The van der Waals surface area contributed by atoms with E-state index < -0.39 is 17.5 Å². The molecule has 0 aliphatic carbocycles. The van der Waals surface area contributed by atoms with Gasteiger partial charge in [0.15, 0.2) is 0 Å². The zero-order valence-electron chi connectivity index (χ0n) is 12.9. The van der Waals surface area contributed by atoms with Crippen molar-refractivity contribution in [1.82, 2.24) is 9.80 Å². The van der Waals surface area contributed by atoms with Crippen LogP contribution in [0.5, 0.6) is 0 Å². The normalized spacial score (nSPS) is 33.3. The average Bonchev–Trinajstić information content (AvgIpc) is 2.87. The van der Waals surface area contributed by atoms with Crippen LogP contribution in [0.25, 0.3) is 0 Å². The SMILES string of the molecule is CCCC1(C(=O)O)CCN(C(=O)N2CCC(C)C(O)C2)C1. The topological polar surface area (TPSA) is 81.1 Å². The molecule has 3 unspecified atom stereocenters. The molecule has 2 aliphatic rings. The third kappa shape index (κ3) is 3.15. The number of hydrogen-bond donors (Lipinski definition) is 2. The molecule has 0 spiro atoms. The van der Waals surface area contributed by atoms with Crippen molar-refractivity contribution in [1.29, 1.82) is 0 Å². The summed E-state index contributed by atoms with van der Waals surface area (Å²) in [5.74, 6) is -0.585. The first kappa shape index (κ1) is 16.1. The fourth-order valence-electron chi connectivity index (χ4n) is 3.42. The Morgan fingerprint density at radius 3 is 2.57 bits per heavy atom. The minimum atomic E-state index is -0.799. The van der Waals surface area contributed by atoms with Crippen LogP contribution in [0.15, 0.2) is 0 Å². The van der Waals surface area contributed by atoms with Crippen LogP contribution in [0.3, 0.4) is 0 Å². The van der Waals surface area contributed by atoms with Gasteiger partial charge < -0.3 is 20.0 Å². The van der Waals surface area contributed by atoms with Crippen molar-refractivity contribution < 1.29 is 19.8 Å². The number of nitrogens with zero attached hydrogens (tertiary/aromatic N) is 2. The predicted octanol–water partition coefficient (Wildman–Crippen LogP) is 1.39. The highest BCUT2D eigenvalue weighted by Gasteiger charge is 2.46. The minimum absolute atomic E-state index is 0.125. The van der Waals surface area contributed by atoms with E-state index in [2.05, 4.69) is 0 Å². The van der Waals surface area contributed by atoms with Crippen molar-refractivity contribution in [3.05, 3.63) is 0 Å². The summed E-state index contributed by atoms with van der Waals surface area (Å²) in [6, 6.07) is -0.125. The van der Waals surface area contributed by atoms with Crippen LogP contribution in [-0.4, -0.2) is 64.3 Å². The molecule has 6 nitrogen and oxygen atoms in total. The number of carbonyl (C=O) groups is 2. The zero-order chi connectivity index (χ0) is 15.6. The average molecular weight is 298 g/mol. The first-order chi connectivity index (χ1) is 9.89. The fraction of sp³-hybridized carbons (Fsp3) is 0.867. The van der Waals surface area contributed by atoms with E-state index in [1.54, 1.807) is 9.80 Å². The molecule has 6 heteroatoms. The monoisotopic (exact) mass is 298 g/mol. The standard InChI is InChI=1S/C15H26N2O4/c1-3-5-15(13(19)20)6-8-17(10-15)14(21)16-7-4-11(2)12(18)9-16/h11-12,18H,3-10H2,1-2H3,(H,19,20). The van der Waals surface area contributed by atoms with Crippen LogP contribution in [0.1, 0.15) is 39.5 Å². The molecular formula is C15H26N2O4. The Morgan fingerprint density at radius 2 is 2.00 bits per heavy atom. The second kappa shape index (κ2) is 6.22. The summed E-state index contributed by atoms with van der Waals surface area (Å²) in [6.45, 7) is 5.73. The van der Waals surface area contributed by atoms with Gasteiger partial charge in [0.05, 0.1) is 11.5 Å². The molecule has 3 atom stereocenters. The molecule has 0 radical (unpaired) electrons. The molecule has 0 aromatic rings. The van der Waals surface area contributed by atoms with Gasteiger partial charge in [0.25, 0.3) is 0 Å². The third-order valence-corrected chi connectivity index (χ3v) is 5.00. The molecular weight excluding hydrogens is 272 g/mol. The minimum Gasteiger partial charge on any atom is -0.481 e. The van der Waals surface area contributed by atoms with Crippen molar-refractivity contribution >= 4 is 12.0 Å². The predicted molar refractivity (Wildman–Crippen MR) is 77.9 cm³/mol. The van der Waals surface area contributed by atoms with Gasteiger partial charge in [-0.3, -0.25) is 4.79 Å². The maximum absolute atomic E-state index is 12.5. The Bertz CT molecular complexity index is 414. The highest BCUT2D eigenvalue weighted by Crippen LogP contribution is 2.36. The largest absolute Gasteiger partial charge is 0.481 e. The Labute approximate surface area is 125 Å². The van der Waals surface area contributed by atoms with Gasteiger partial charge in [0, 0.05) is 26.2 Å². The Hall–Kier alpha value is -1.30. The molecule has 120 valence electrons. The van der Waals surface area contributed by atoms with Gasteiger partial charge in [-0.05, 0) is 25.2 Å². The van der Waals surface area contributed by atoms with E-state index in [4.69, 9.17) is 0 Å². The number of rotatable bonds is 3. The smallest absolute Gasteiger partial charge is 0.320 e. The maximum Gasteiger partial charge on any atom is 0.320 e. The summed E-state index contributed by atoms with van der Waals surface area (Å²) < 4.78 is 0. The number of amides is 2. The first-order valence-corrected chi connectivity index (χ1v) is 7.85. The van der Waals surface area contributed by atoms with E-state index >= 15 is 0 Å². The van der Waals surface area contributed by atoms with E-state index in [9.17, 15) is 19.8 Å². The van der Waals surface area contributed by atoms with E-state index in [1.165, 1.54) is 0 Å². The molecule has 21 heavy (non-hydrogen) atoms. The second-order valence-electron chi connectivity index (χ2n) is 6.57. The molecule has 2 aliphatic heterocycles. The summed E-state index contributed by atoms with van der Waals surface area (Å²) >= 11 is 0. The van der Waals surface area contributed by atoms with Crippen molar-refractivity contribution in [2.24, 2.45) is 11.3 Å². The Balaban J connectivity index is 2.00. The number of aliphatic carboxylic acids is 1. The lowest BCUT2D eigenvalue weighted by Gasteiger charge is -2.36. The van der Waals surface area contributed by atoms with Crippen LogP contribution in [0, 0.1) is 11.3 Å². The Kier molecular flexibility index (Phi) is 4.76. The number of carboxylic acids is 1. The lowest BCUT2D eigenvalue weighted by atomic mass is 9.83. The van der Waals surface area contributed by atoms with Gasteiger partial charge in [-0.2, -0.15) is 0 Å². The number of likely N-dealkylation sites (tertiary alicyclic amines) is 2. The number of piperidine rings is 1. The molecule has 2 heterocycles. The molecule has 2 fully saturated rings. The number of aliphatic hydroxyl groups is 1. The quantitative estimate of drug-likeness (QED) is 0.825. The number of carbonyl (C=O) groups excluding carboxylic acids is 1. The fourth-order valence-corrected chi connectivity index (χ4v) is 3.42. The van der Waals surface area contributed by atoms with Crippen LogP contribution < -0.4 is 0 Å². The highest BCUT2D eigenvalue weighted by molar-refractivity contribution is 5.80. The molecule has 0 bridgehead atoms. The maximum atomic E-state index is 12.5. The molecule has 2 saturated heterocycles. The third-order valence-electron chi connectivity index (χ3n) is 5.00. The van der Waals surface area contributed by atoms with E-state index in [-0.39, 0.29) is 18.5 Å². The highest BCUT2D eigenvalue weighted by atomic mass is 16.4. The molecule has 2 amide bonds.